The minimum absolute atomic E-state index is 0.0000633. The smallest absolute Gasteiger partial charge is 0.163 e. The number of rotatable bonds is 1. The van der Waals surface area contributed by atoms with E-state index in [2.05, 4.69) is 36.8 Å². The quantitative estimate of drug-likeness (QED) is 0.396. The summed E-state index contributed by atoms with van der Waals surface area (Å²) < 4.78 is 11.0. The molecule has 88 valence electrons. The van der Waals surface area contributed by atoms with Crippen molar-refractivity contribution in [3.05, 3.63) is 17.9 Å². The fourth-order valence-corrected chi connectivity index (χ4v) is 1.75. The Labute approximate surface area is 99.3 Å². The predicted octanol–water partition coefficient (Wildman–Crippen LogP) is 2.73. The lowest BCUT2D eigenvalue weighted by molar-refractivity contribution is -0.133. The molecule has 0 bridgehead atoms. The Morgan fingerprint density at radius 2 is 2.00 bits per heavy atom. The van der Waals surface area contributed by atoms with Crippen LogP contribution in [0.15, 0.2) is 17.9 Å². The van der Waals surface area contributed by atoms with Crippen molar-refractivity contribution >= 4 is 8.07 Å². The molecule has 0 aromatic rings. The standard InChI is InChI=1S/C13H20O2Si/c1-13(2)14-11-12(15-13)9-7-6-8-10-16(3,4)5/h6,9,12H,11H2,1-5H3/t7?,12-/m0/s1. The zero-order valence-electron chi connectivity index (χ0n) is 10.8. The Kier molecular flexibility index (Phi) is 4.18. The first-order valence-corrected chi connectivity index (χ1v) is 9.04. The summed E-state index contributed by atoms with van der Waals surface area (Å²) >= 11 is 0. The summed E-state index contributed by atoms with van der Waals surface area (Å²) in [5, 5.41) is 0. The van der Waals surface area contributed by atoms with Gasteiger partial charge in [0.1, 0.15) is 14.2 Å². The highest BCUT2D eigenvalue weighted by atomic mass is 28.3. The van der Waals surface area contributed by atoms with Gasteiger partial charge in [-0.05, 0) is 19.9 Å². The first-order valence-electron chi connectivity index (χ1n) is 5.54. The van der Waals surface area contributed by atoms with Crippen LogP contribution in [0.3, 0.4) is 0 Å². The Bertz CT molecular complexity index is 360. The second kappa shape index (κ2) is 5.03. The second-order valence-electron chi connectivity index (χ2n) is 5.36. The zero-order valence-corrected chi connectivity index (χ0v) is 11.8. The molecule has 1 saturated heterocycles. The Morgan fingerprint density at radius 1 is 1.31 bits per heavy atom. The molecule has 1 aliphatic heterocycles. The highest BCUT2D eigenvalue weighted by molar-refractivity contribution is 6.83. The van der Waals surface area contributed by atoms with Crippen LogP contribution in [0, 0.1) is 11.5 Å². The molecule has 16 heavy (non-hydrogen) atoms. The summed E-state index contributed by atoms with van der Waals surface area (Å²) in [5.74, 6) is 2.55. The largest absolute Gasteiger partial charge is 0.347 e. The van der Waals surface area contributed by atoms with E-state index in [1.807, 2.05) is 19.9 Å². The minimum atomic E-state index is -1.26. The van der Waals surface area contributed by atoms with Gasteiger partial charge in [0.05, 0.1) is 6.61 Å². The van der Waals surface area contributed by atoms with Gasteiger partial charge in [-0.25, -0.2) is 0 Å². The first kappa shape index (κ1) is 13.3. The van der Waals surface area contributed by atoms with Crippen molar-refractivity contribution in [3.8, 4) is 11.5 Å². The van der Waals surface area contributed by atoms with Gasteiger partial charge < -0.3 is 9.47 Å². The van der Waals surface area contributed by atoms with Gasteiger partial charge >= 0.3 is 0 Å². The molecular weight excluding hydrogens is 216 g/mol. The Hall–Kier alpha value is -0.783. The fourth-order valence-electron chi connectivity index (χ4n) is 1.25. The molecule has 0 amide bonds. The van der Waals surface area contributed by atoms with Crippen LogP contribution in [0.5, 0.6) is 0 Å². The third kappa shape index (κ3) is 5.34. The highest BCUT2D eigenvalue weighted by Crippen LogP contribution is 2.22. The van der Waals surface area contributed by atoms with E-state index < -0.39 is 13.9 Å². The van der Waals surface area contributed by atoms with Gasteiger partial charge in [-0.3, -0.25) is 0 Å². The maximum absolute atomic E-state index is 5.60. The average Bonchev–Trinajstić information content (AvgIpc) is 2.43. The summed E-state index contributed by atoms with van der Waals surface area (Å²) in [6.45, 7) is 11.1. The number of ether oxygens (including phenoxy) is 2. The van der Waals surface area contributed by atoms with Crippen LogP contribution in [-0.2, 0) is 9.47 Å². The maximum atomic E-state index is 5.60. The maximum Gasteiger partial charge on any atom is 0.163 e. The fraction of sp³-hybridized carbons (Fsp3) is 0.615. The molecule has 0 saturated carbocycles. The third-order valence-electron chi connectivity index (χ3n) is 1.92. The van der Waals surface area contributed by atoms with Crippen molar-refractivity contribution in [2.75, 3.05) is 6.61 Å². The Balaban J connectivity index is 2.49. The van der Waals surface area contributed by atoms with Crippen molar-refractivity contribution in [3.63, 3.8) is 0 Å². The Morgan fingerprint density at radius 3 is 2.50 bits per heavy atom. The molecule has 3 heteroatoms. The molecule has 0 unspecified atom stereocenters. The van der Waals surface area contributed by atoms with E-state index in [1.54, 1.807) is 6.08 Å². The normalized spacial score (nSPS) is 22.9. The molecule has 0 spiro atoms. The van der Waals surface area contributed by atoms with E-state index >= 15 is 0 Å². The van der Waals surface area contributed by atoms with Crippen molar-refractivity contribution in [2.45, 2.75) is 45.4 Å². The zero-order chi connectivity index (χ0) is 12.2. The summed E-state index contributed by atoms with van der Waals surface area (Å²) in [6.07, 6.45) is 3.63. The van der Waals surface area contributed by atoms with Crippen molar-refractivity contribution < 1.29 is 9.47 Å². The molecule has 1 atom stereocenters. The minimum Gasteiger partial charge on any atom is -0.347 e. The highest BCUT2D eigenvalue weighted by Gasteiger charge is 2.30. The van der Waals surface area contributed by atoms with Crippen LogP contribution in [0.1, 0.15) is 13.8 Å². The lowest BCUT2D eigenvalue weighted by Gasteiger charge is -2.15. The van der Waals surface area contributed by atoms with Crippen LogP contribution in [0.4, 0.5) is 0 Å². The predicted molar refractivity (Wildman–Crippen MR) is 68.7 cm³/mol. The molecule has 2 nitrogen and oxygen atoms in total. The van der Waals surface area contributed by atoms with E-state index in [0.717, 1.165) is 0 Å². The van der Waals surface area contributed by atoms with Crippen LogP contribution >= 0.6 is 0 Å². The van der Waals surface area contributed by atoms with Gasteiger partial charge in [-0.1, -0.05) is 25.6 Å². The molecule has 1 heterocycles. The molecule has 0 aliphatic carbocycles. The number of hydrogen-bond acceptors (Lipinski definition) is 2. The molecule has 1 aliphatic rings. The summed E-state index contributed by atoms with van der Waals surface area (Å²) in [7, 11) is -1.26. The van der Waals surface area contributed by atoms with Crippen LogP contribution in [0.2, 0.25) is 19.6 Å². The van der Waals surface area contributed by atoms with Crippen LogP contribution in [0.25, 0.3) is 0 Å². The molecule has 0 aromatic heterocycles. The van der Waals surface area contributed by atoms with Gasteiger partial charge in [0.2, 0.25) is 0 Å². The molecular formula is C13H20O2Si. The lowest BCUT2D eigenvalue weighted by atomic mass is 10.3. The van der Waals surface area contributed by atoms with E-state index in [-0.39, 0.29) is 6.10 Å². The molecule has 0 N–H and O–H groups in total. The summed E-state index contributed by atoms with van der Waals surface area (Å²) in [6, 6.07) is 0. The third-order valence-corrected chi connectivity index (χ3v) is 2.81. The second-order valence-corrected chi connectivity index (χ2v) is 10.1. The van der Waals surface area contributed by atoms with Gasteiger partial charge in [0, 0.05) is 6.08 Å². The molecule has 0 aromatic carbocycles. The van der Waals surface area contributed by atoms with Crippen molar-refractivity contribution in [1.29, 1.82) is 0 Å². The SMILES string of the molecule is CC1(C)OC[C@H](C=C=CC#C[Si](C)(C)C)O1. The van der Waals surface area contributed by atoms with Gasteiger partial charge in [-0.2, -0.15) is 0 Å². The topological polar surface area (TPSA) is 18.5 Å². The summed E-state index contributed by atoms with van der Waals surface area (Å²) in [5.41, 5.74) is 6.27. The van der Waals surface area contributed by atoms with E-state index in [0.29, 0.717) is 6.61 Å². The van der Waals surface area contributed by atoms with Gasteiger partial charge in [0.15, 0.2) is 5.79 Å². The molecule has 1 rings (SSSR count). The van der Waals surface area contributed by atoms with E-state index in [1.165, 1.54) is 0 Å². The van der Waals surface area contributed by atoms with Gasteiger partial charge in [-0.15, -0.1) is 11.3 Å². The van der Waals surface area contributed by atoms with Crippen molar-refractivity contribution in [2.24, 2.45) is 0 Å². The van der Waals surface area contributed by atoms with E-state index in [4.69, 9.17) is 9.47 Å². The summed E-state index contributed by atoms with van der Waals surface area (Å²) in [4.78, 5) is 0. The number of hydrogen-bond donors (Lipinski definition) is 0. The van der Waals surface area contributed by atoms with Gasteiger partial charge in [0.25, 0.3) is 0 Å². The first-order chi connectivity index (χ1) is 7.29. The van der Waals surface area contributed by atoms with Crippen molar-refractivity contribution in [1.82, 2.24) is 0 Å². The van der Waals surface area contributed by atoms with Crippen LogP contribution in [-0.4, -0.2) is 26.6 Å². The average molecular weight is 236 g/mol. The molecule has 0 radical (unpaired) electrons. The lowest BCUT2D eigenvalue weighted by Crippen LogP contribution is -2.20. The van der Waals surface area contributed by atoms with Crippen LogP contribution < -0.4 is 0 Å². The van der Waals surface area contributed by atoms with E-state index in [9.17, 15) is 0 Å². The molecule has 1 fully saturated rings. The monoisotopic (exact) mass is 236 g/mol.